The van der Waals surface area contributed by atoms with Crippen molar-refractivity contribution >= 4 is 35.8 Å². The van der Waals surface area contributed by atoms with Gasteiger partial charge in [-0.2, -0.15) is 0 Å². The molecule has 18 heavy (non-hydrogen) atoms. The smallest absolute Gasteiger partial charge is 0.227 e. The Morgan fingerprint density at radius 3 is 2.33 bits per heavy atom. The highest BCUT2D eigenvalue weighted by atomic mass is 127. The Balaban J connectivity index is 0. The Bertz CT molecular complexity index is 277. The highest BCUT2D eigenvalue weighted by Gasteiger charge is 2.26. The molecule has 0 saturated carbocycles. The molecule has 0 bridgehead atoms. The van der Waals surface area contributed by atoms with Crippen molar-refractivity contribution in [3.05, 3.63) is 0 Å². The van der Waals surface area contributed by atoms with Gasteiger partial charge in [0.1, 0.15) is 0 Å². The molecular formula is C12H27IN4O. The molecule has 0 aliphatic heterocycles. The number of hydrogen-bond acceptors (Lipinski definition) is 2. The molecular weight excluding hydrogens is 343 g/mol. The number of carbonyl (C=O) groups excluding carboxylic acids is 1. The molecule has 0 aliphatic carbocycles. The SMILES string of the molecule is CCNC(=O)C(C)(C)CN=C(N)NCC(C)C.I. The minimum atomic E-state index is -0.528. The van der Waals surface area contributed by atoms with E-state index >= 15 is 0 Å². The second kappa shape index (κ2) is 9.41. The van der Waals surface area contributed by atoms with E-state index in [2.05, 4.69) is 29.5 Å². The van der Waals surface area contributed by atoms with Crippen molar-refractivity contribution in [2.45, 2.75) is 34.6 Å². The van der Waals surface area contributed by atoms with Gasteiger partial charge in [0.2, 0.25) is 5.91 Å². The summed E-state index contributed by atoms with van der Waals surface area (Å²) in [6.07, 6.45) is 0. The summed E-state index contributed by atoms with van der Waals surface area (Å²) in [5, 5.41) is 5.81. The molecule has 0 saturated heterocycles. The van der Waals surface area contributed by atoms with Gasteiger partial charge in [-0.3, -0.25) is 9.79 Å². The summed E-state index contributed by atoms with van der Waals surface area (Å²) in [6, 6.07) is 0. The fraction of sp³-hybridized carbons (Fsp3) is 0.833. The van der Waals surface area contributed by atoms with Crippen LogP contribution in [0.1, 0.15) is 34.6 Å². The van der Waals surface area contributed by atoms with Crippen LogP contribution < -0.4 is 16.4 Å². The molecule has 0 aromatic rings. The maximum Gasteiger partial charge on any atom is 0.227 e. The number of guanidine groups is 1. The van der Waals surface area contributed by atoms with Crippen LogP contribution >= 0.6 is 24.0 Å². The van der Waals surface area contributed by atoms with E-state index in [-0.39, 0.29) is 29.9 Å². The fourth-order valence-electron chi connectivity index (χ4n) is 1.12. The van der Waals surface area contributed by atoms with Gasteiger partial charge in [-0.1, -0.05) is 13.8 Å². The number of rotatable bonds is 6. The van der Waals surface area contributed by atoms with E-state index in [9.17, 15) is 4.79 Å². The van der Waals surface area contributed by atoms with Crippen molar-refractivity contribution in [3.8, 4) is 0 Å². The molecule has 0 aromatic heterocycles. The summed E-state index contributed by atoms with van der Waals surface area (Å²) in [6.45, 7) is 11.6. The Morgan fingerprint density at radius 1 is 1.33 bits per heavy atom. The first-order valence-corrected chi connectivity index (χ1v) is 6.11. The maximum atomic E-state index is 11.7. The lowest BCUT2D eigenvalue weighted by Gasteiger charge is -2.21. The molecule has 0 aliphatic rings. The van der Waals surface area contributed by atoms with Crippen LogP contribution in [0.15, 0.2) is 4.99 Å². The molecule has 4 N–H and O–H groups in total. The second-order valence-corrected chi connectivity index (χ2v) is 5.22. The van der Waals surface area contributed by atoms with Crippen LogP contribution in [0.5, 0.6) is 0 Å². The van der Waals surface area contributed by atoms with Crippen molar-refractivity contribution in [2.75, 3.05) is 19.6 Å². The normalized spacial score (nSPS) is 12.0. The zero-order chi connectivity index (χ0) is 13.5. The Kier molecular flexibility index (Phi) is 10.3. The van der Waals surface area contributed by atoms with Crippen LogP contribution in [0.2, 0.25) is 0 Å². The lowest BCUT2D eigenvalue weighted by atomic mass is 9.92. The molecule has 0 radical (unpaired) electrons. The monoisotopic (exact) mass is 370 g/mol. The molecule has 0 fully saturated rings. The van der Waals surface area contributed by atoms with Gasteiger partial charge >= 0.3 is 0 Å². The molecule has 0 heterocycles. The average Bonchev–Trinajstić information content (AvgIpc) is 2.24. The van der Waals surface area contributed by atoms with Crippen LogP contribution in [-0.4, -0.2) is 31.5 Å². The number of hydrogen-bond donors (Lipinski definition) is 3. The minimum Gasteiger partial charge on any atom is -0.370 e. The highest BCUT2D eigenvalue weighted by Crippen LogP contribution is 2.15. The fourth-order valence-corrected chi connectivity index (χ4v) is 1.12. The van der Waals surface area contributed by atoms with Crippen LogP contribution in [-0.2, 0) is 4.79 Å². The van der Waals surface area contributed by atoms with Gasteiger partial charge in [-0.05, 0) is 26.7 Å². The molecule has 108 valence electrons. The van der Waals surface area contributed by atoms with E-state index in [1.165, 1.54) is 0 Å². The van der Waals surface area contributed by atoms with E-state index in [1.807, 2.05) is 20.8 Å². The Labute approximate surface area is 127 Å². The summed E-state index contributed by atoms with van der Waals surface area (Å²) < 4.78 is 0. The number of carbonyl (C=O) groups is 1. The van der Waals surface area contributed by atoms with E-state index in [0.29, 0.717) is 25.0 Å². The third-order valence-corrected chi connectivity index (χ3v) is 2.29. The van der Waals surface area contributed by atoms with Gasteiger partial charge in [0.25, 0.3) is 0 Å². The van der Waals surface area contributed by atoms with Crippen LogP contribution in [0.3, 0.4) is 0 Å². The first-order valence-electron chi connectivity index (χ1n) is 6.11. The molecule has 6 heteroatoms. The highest BCUT2D eigenvalue weighted by molar-refractivity contribution is 14.0. The first kappa shape index (κ1) is 19.8. The van der Waals surface area contributed by atoms with Crippen LogP contribution in [0, 0.1) is 11.3 Å². The molecule has 0 unspecified atom stereocenters. The van der Waals surface area contributed by atoms with Crippen molar-refractivity contribution in [1.29, 1.82) is 0 Å². The van der Waals surface area contributed by atoms with Crippen molar-refractivity contribution < 1.29 is 4.79 Å². The van der Waals surface area contributed by atoms with Gasteiger partial charge < -0.3 is 16.4 Å². The molecule has 0 atom stereocenters. The molecule has 0 spiro atoms. The van der Waals surface area contributed by atoms with E-state index < -0.39 is 5.41 Å². The average molecular weight is 370 g/mol. The predicted molar refractivity (Wildman–Crippen MR) is 87.2 cm³/mol. The van der Waals surface area contributed by atoms with E-state index in [1.54, 1.807) is 0 Å². The first-order chi connectivity index (χ1) is 7.79. The largest absolute Gasteiger partial charge is 0.370 e. The Morgan fingerprint density at radius 2 is 1.89 bits per heavy atom. The van der Waals surface area contributed by atoms with Gasteiger partial charge in [-0.15, -0.1) is 24.0 Å². The van der Waals surface area contributed by atoms with Crippen LogP contribution in [0.25, 0.3) is 0 Å². The summed E-state index contributed by atoms with van der Waals surface area (Å²) >= 11 is 0. The van der Waals surface area contributed by atoms with Crippen molar-refractivity contribution in [2.24, 2.45) is 22.1 Å². The standard InChI is InChI=1S/C12H26N4O.HI/c1-6-14-10(17)12(4,5)8-16-11(13)15-7-9(2)3;/h9H,6-8H2,1-5H3,(H,14,17)(H3,13,15,16);1H. The summed E-state index contributed by atoms with van der Waals surface area (Å²) in [5.74, 6) is 0.914. The quantitative estimate of drug-likeness (QED) is 0.375. The van der Waals surface area contributed by atoms with Gasteiger partial charge in [0.15, 0.2) is 5.96 Å². The molecule has 1 amide bonds. The molecule has 0 rings (SSSR count). The maximum absolute atomic E-state index is 11.7. The molecule has 0 aromatic carbocycles. The zero-order valence-electron chi connectivity index (χ0n) is 12.0. The summed E-state index contributed by atoms with van der Waals surface area (Å²) in [5.41, 5.74) is 5.18. The predicted octanol–water partition coefficient (Wildman–Crippen LogP) is 1.33. The third kappa shape index (κ3) is 8.54. The zero-order valence-corrected chi connectivity index (χ0v) is 14.4. The number of halogens is 1. The number of nitrogens with zero attached hydrogens (tertiary/aromatic N) is 1. The van der Waals surface area contributed by atoms with Crippen LogP contribution in [0.4, 0.5) is 0 Å². The van der Waals surface area contributed by atoms with Gasteiger partial charge in [0, 0.05) is 13.1 Å². The van der Waals surface area contributed by atoms with Gasteiger partial charge in [-0.25, -0.2) is 0 Å². The number of nitrogens with one attached hydrogen (secondary N) is 2. The number of nitrogens with two attached hydrogens (primary N) is 1. The minimum absolute atomic E-state index is 0. The molecule has 5 nitrogen and oxygen atoms in total. The summed E-state index contributed by atoms with van der Waals surface area (Å²) in [4.78, 5) is 15.9. The van der Waals surface area contributed by atoms with E-state index in [0.717, 1.165) is 6.54 Å². The lowest BCUT2D eigenvalue weighted by molar-refractivity contribution is -0.128. The summed E-state index contributed by atoms with van der Waals surface area (Å²) in [7, 11) is 0. The number of amides is 1. The van der Waals surface area contributed by atoms with Crippen molar-refractivity contribution in [3.63, 3.8) is 0 Å². The van der Waals surface area contributed by atoms with Gasteiger partial charge in [0.05, 0.1) is 12.0 Å². The Hall–Kier alpha value is -0.530. The third-order valence-electron chi connectivity index (χ3n) is 2.29. The second-order valence-electron chi connectivity index (χ2n) is 5.22. The number of aliphatic imine (C=N–C) groups is 1. The van der Waals surface area contributed by atoms with Crippen molar-refractivity contribution in [1.82, 2.24) is 10.6 Å². The van der Waals surface area contributed by atoms with E-state index in [4.69, 9.17) is 5.73 Å². The topological polar surface area (TPSA) is 79.5 Å². The lowest BCUT2D eigenvalue weighted by Crippen LogP contribution is -2.40.